The minimum absolute atomic E-state index is 0.00865. The largest absolute Gasteiger partial charge is 0.325 e. The fraction of sp³-hybridized carbons (Fsp3) is 0.350. The summed E-state index contributed by atoms with van der Waals surface area (Å²) in [4.78, 5) is 30.9. The molecule has 1 aliphatic heterocycles. The number of pyridine rings is 1. The molecule has 0 saturated carbocycles. The van der Waals surface area contributed by atoms with Gasteiger partial charge in [-0.1, -0.05) is 6.07 Å². The summed E-state index contributed by atoms with van der Waals surface area (Å²) in [5, 5.41) is 5.80. The van der Waals surface area contributed by atoms with Crippen LogP contribution in [-0.2, 0) is 9.59 Å². The minimum atomic E-state index is -0.0383. The summed E-state index contributed by atoms with van der Waals surface area (Å²) in [6.45, 7) is 3.78. The van der Waals surface area contributed by atoms with Crippen molar-refractivity contribution in [2.75, 3.05) is 30.3 Å². The molecule has 1 aromatic carbocycles. The van der Waals surface area contributed by atoms with Crippen molar-refractivity contribution in [3.63, 3.8) is 0 Å². The molecule has 2 heterocycles. The Morgan fingerprint density at radius 2 is 1.81 bits per heavy atom. The first kappa shape index (κ1) is 19.8. The highest BCUT2D eigenvalue weighted by atomic mass is 127. The number of aromatic nitrogens is 1. The van der Waals surface area contributed by atoms with Gasteiger partial charge in [-0.05, 0) is 91.3 Å². The highest BCUT2D eigenvalue weighted by Crippen LogP contribution is 2.19. The van der Waals surface area contributed by atoms with Crippen molar-refractivity contribution in [2.45, 2.75) is 19.8 Å². The summed E-state index contributed by atoms with van der Waals surface area (Å²) in [6.07, 6.45) is 3.23. The van der Waals surface area contributed by atoms with Gasteiger partial charge in [0.05, 0.1) is 6.54 Å². The first-order valence-electron chi connectivity index (χ1n) is 9.01. The van der Waals surface area contributed by atoms with Gasteiger partial charge in [0.2, 0.25) is 11.8 Å². The molecule has 0 aliphatic carbocycles. The van der Waals surface area contributed by atoms with E-state index in [9.17, 15) is 9.59 Å². The summed E-state index contributed by atoms with van der Waals surface area (Å²) in [6, 6.07) is 11.5. The number of halogens is 1. The number of rotatable bonds is 5. The molecular formula is C20H23IN4O2. The molecule has 7 heteroatoms. The highest BCUT2D eigenvalue weighted by molar-refractivity contribution is 14.1. The molecule has 6 nitrogen and oxygen atoms in total. The first-order chi connectivity index (χ1) is 13.0. The van der Waals surface area contributed by atoms with Crippen LogP contribution in [0.4, 0.5) is 11.5 Å². The number of carbonyl (C=O) groups excluding carboxylic acids is 2. The maximum Gasteiger partial charge on any atom is 0.238 e. The van der Waals surface area contributed by atoms with E-state index in [-0.39, 0.29) is 17.7 Å². The summed E-state index contributed by atoms with van der Waals surface area (Å²) in [5.41, 5.74) is 1.87. The Bertz CT molecular complexity index is 785. The van der Waals surface area contributed by atoms with Crippen LogP contribution in [0, 0.1) is 16.4 Å². The number of benzene rings is 1. The van der Waals surface area contributed by atoms with Gasteiger partial charge in [-0.25, -0.2) is 4.98 Å². The van der Waals surface area contributed by atoms with E-state index in [4.69, 9.17) is 0 Å². The fourth-order valence-electron chi connectivity index (χ4n) is 3.06. The number of amides is 2. The molecule has 0 bridgehead atoms. The van der Waals surface area contributed by atoms with Crippen LogP contribution >= 0.6 is 22.6 Å². The lowest BCUT2D eigenvalue weighted by molar-refractivity contribution is -0.121. The molecule has 0 atom stereocenters. The Labute approximate surface area is 172 Å². The van der Waals surface area contributed by atoms with Crippen molar-refractivity contribution < 1.29 is 9.59 Å². The van der Waals surface area contributed by atoms with Gasteiger partial charge in [-0.2, -0.15) is 0 Å². The number of nitrogens with zero attached hydrogens (tertiary/aromatic N) is 2. The predicted octanol–water partition coefficient (Wildman–Crippen LogP) is 3.28. The molecule has 142 valence electrons. The van der Waals surface area contributed by atoms with Crippen LogP contribution in [-0.4, -0.2) is 41.3 Å². The highest BCUT2D eigenvalue weighted by Gasteiger charge is 2.26. The number of likely N-dealkylation sites (tertiary alicyclic amines) is 1. The number of hydrogen-bond acceptors (Lipinski definition) is 4. The van der Waals surface area contributed by atoms with E-state index < -0.39 is 0 Å². The number of aryl methyl sites for hydroxylation is 1. The zero-order valence-electron chi connectivity index (χ0n) is 15.2. The minimum Gasteiger partial charge on any atom is -0.325 e. The summed E-state index contributed by atoms with van der Waals surface area (Å²) in [5.74, 6) is 0.533. The zero-order chi connectivity index (χ0) is 19.2. The van der Waals surface area contributed by atoms with Gasteiger partial charge in [0.15, 0.2) is 0 Å². The van der Waals surface area contributed by atoms with Crippen LogP contribution in [0.15, 0.2) is 42.6 Å². The van der Waals surface area contributed by atoms with Crippen molar-refractivity contribution in [2.24, 2.45) is 5.92 Å². The first-order valence-corrected chi connectivity index (χ1v) is 10.1. The second-order valence-electron chi connectivity index (χ2n) is 6.82. The van der Waals surface area contributed by atoms with Crippen molar-refractivity contribution in [1.82, 2.24) is 9.88 Å². The maximum atomic E-state index is 12.4. The Morgan fingerprint density at radius 1 is 1.11 bits per heavy atom. The standard InChI is InChI=1S/C20H23IN4O2/c1-14-2-7-18(22-12-14)24-20(27)15-8-10-25(11-9-15)13-19(26)23-17-5-3-16(21)4-6-17/h2-7,12,15H,8-11,13H2,1H3,(H,23,26)(H,22,24,27). The Balaban J connectivity index is 1.42. The van der Waals surface area contributed by atoms with E-state index in [2.05, 4.69) is 43.1 Å². The third-order valence-corrected chi connectivity index (χ3v) is 5.34. The van der Waals surface area contributed by atoms with Gasteiger partial charge >= 0.3 is 0 Å². The Kier molecular flexibility index (Phi) is 6.78. The summed E-state index contributed by atoms with van der Waals surface area (Å²) < 4.78 is 1.13. The monoisotopic (exact) mass is 478 g/mol. The molecule has 0 unspecified atom stereocenters. The quantitative estimate of drug-likeness (QED) is 0.648. The van der Waals surface area contributed by atoms with Crippen LogP contribution in [0.1, 0.15) is 18.4 Å². The number of piperidine rings is 1. The van der Waals surface area contributed by atoms with Crippen molar-refractivity contribution >= 4 is 45.9 Å². The van der Waals surface area contributed by atoms with Crippen LogP contribution in [0.5, 0.6) is 0 Å². The van der Waals surface area contributed by atoms with Crippen LogP contribution in [0.3, 0.4) is 0 Å². The van der Waals surface area contributed by atoms with Gasteiger partial charge < -0.3 is 10.6 Å². The Hall–Kier alpha value is -2.00. The molecule has 27 heavy (non-hydrogen) atoms. The van der Waals surface area contributed by atoms with E-state index in [1.165, 1.54) is 0 Å². The number of anilines is 2. The maximum absolute atomic E-state index is 12.4. The lowest BCUT2D eigenvalue weighted by Gasteiger charge is -2.30. The van der Waals surface area contributed by atoms with E-state index in [1.54, 1.807) is 6.20 Å². The zero-order valence-corrected chi connectivity index (χ0v) is 17.4. The van der Waals surface area contributed by atoms with Gasteiger partial charge in [0.25, 0.3) is 0 Å². The van der Waals surface area contributed by atoms with Crippen molar-refractivity contribution in [3.8, 4) is 0 Å². The van der Waals surface area contributed by atoms with E-state index in [0.717, 1.165) is 40.8 Å². The normalized spacial score (nSPS) is 15.3. The third-order valence-electron chi connectivity index (χ3n) is 4.62. The number of carbonyl (C=O) groups is 2. The molecule has 2 aromatic rings. The second kappa shape index (κ2) is 9.27. The van der Waals surface area contributed by atoms with Crippen LogP contribution < -0.4 is 10.6 Å². The molecular weight excluding hydrogens is 455 g/mol. The molecule has 0 radical (unpaired) electrons. The van der Waals surface area contributed by atoms with Crippen molar-refractivity contribution in [3.05, 3.63) is 51.7 Å². The number of nitrogens with one attached hydrogen (secondary N) is 2. The van der Waals surface area contributed by atoms with Gasteiger partial charge in [-0.15, -0.1) is 0 Å². The summed E-state index contributed by atoms with van der Waals surface area (Å²) >= 11 is 2.23. The lowest BCUT2D eigenvalue weighted by Crippen LogP contribution is -2.41. The van der Waals surface area contributed by atoms with Crippen LogP contribution in [0.2, 0.25) is 0 Å². The van der Waals surface area contributed by atoms with Gasteiger partial charge in [-0.3, -0.25) is 14.5 Å². The van der Waals surface area contributed by atoms with Crippen molar-refractivity contribution in [1.29, 1.82) is 0 Å². The molecule has 1 aromatic heterocycles. The number of hydrogen-bond donors (Lipinski definition) is 2. The van der Waals surface area contributed by atoms with Gasteiger partial charge in [0.1, 0.15) is 5.82 Å². The molecule has 1 aliphatic rings. The Morgan fingerprint density at radius 3 is 2.44 bits per heavy atom. The van der Waals surface area contributed by atoms with E-state index in [0.29, 0.717) is 12.4 Å². The molecule has 1 fully saturated rings. The molecule has 1 saturated heterocycles. The molecule has 2 amide bonds. The molecule has 3 rings (SSSR count). The summed E-state index contributed by atoms with van der Waals surface area (Å²) in [7, 11) is 0. The lowest BCUT2D eigenvalue weighted by atomic mass is 9.96. The molecule has 2 N–H and O–H groups in total. The smallest absolute Gasteiger partial charge is 0.238 e. The van der Waals surface area contributed by atoms with Crippen LogP contribution in [0.25, 0.3) is 0 Å². The van der Waals surface area contributed by atoms with E-state index in [1.807, 2.05) is 43.3 Å². The fourth-order valence-corrected chi connectivity index (χ4v) is 3.42. The average Bonchev–Trinajstić information content (AvgIpc) is 2.66. The van der Waals surface area contributed by atoms with Gasteiger partial charge in [0, 0.05) is 21.4 Å². The topological polar surface area (TPSA) is 74.3 Å². The molecule has 0 spiro atoms. The van der Waals surface area contributed by atoms with E-state index >= 15 is 0 Å². The predicted molar refractivity (Wildman–Crippen MR) is 115 cm³/mol. The average molecular weight is 478 g/mol. The SMILES string of the molecule is Cc1ccc(NC(=O)C2CCN(CC(=O)Nc3ccc(I)cc3)CC2)nc1. The third kappa shape index (κ3) is 6.00. The second-order valence-corrected chi connectivity index (χ2v) is 8.06.